The molecular formula is C64H46N2. The largest absolute Gasteiger partial charge is 0.310 e. The van der Waals surface area contributed by atoms with Gasteiger partial charge in [-0.25, -0.2) is 0 Å². The Hall–Kier alpha value is -8.20. The molecule has 2 aliphatic rings. The van der Waals surface area contributed by atoms with Crippen molar-refractivity contribution in [3.05, 3.63) is 276 Å². The second-order valence-corrected chi connectivity index (χ2v) is 18.5. The Morgan fingerprint density at radius 2 is 0.818 bits per heavy atom. The summed E-state index contributed by atoms with van der Waals surface area (Å²) in [6.45, 7) is 4.73. The molecule has 2 nitrogen and oxygen atoms in total. The number of benzene rings is 10. The van der Waals surface area contributed by atoms with E-state index in [0.717, 1.165) is 22.7 Å². The minimum Gasteiger partial charge on any atom is -0.310 e. The number of rotatable bonds is 7. The lowest BCUT2D eigenvalue weighted by Crippen LogP contribution is -2.28. The molecule has 0 unspecified atom stereocenters. The Morgan fingerprint density at radius 1 is 0.333 bits per heavy atom. The van der Waals surface area contributed by atoms with E-state index >= 15 is 0 Å². The molecule has 0 spiro atoms. The predicted octanol–water partition coefficient (Wildman–Crippen LogP) is 16.6. The fourth-order valence-corrected chi connectivity index (χ4v) is 11.7. The summed E-state index contributed by atoms with van der Waals surface area (Å²) >= 11 is 0. The highest BCUT2D eigenvalue weighted by atomic mass is 15.1. The number of hydrogen-bond acceptors (Lipinski definition) is 1. The van der Waals surface area contributed by atoms with Crippen LogP contribution in [0.5, 0.6) is 0 Å². The summed E-state index contributed by atoms with van der Waals surface area (Å²) < 4.78 is 2.40. The number of anilines is 3. The van der Waals surface area contributed by atoms with Crippen molar-refractivity contribution in [1.82, 2.24) is 4.57 Å². The van der Waals surface area contributed by atoms with Crippen LogP contribution in [0.15, 0.2) is 243 Å². The van der Waals surface area contributed by atoms with E-state index in [1.807, 2.05) is 0 Å². The van der Waals surface area contributed by atoms with Gasteiger partial charge in [-0.05, 0) is 127 Å². The highest BCUT2D eigenvalue weighted by Crippen LogP contribution is 2.57. The van der Waals surface area contributed by atoms with Crippen molar-refractivity contribution in [2.75, 3.05) is 4.90 Å². The van der Waals surface area contributed by atoms with E-state index in [9.17, 15) is 0 Å². The van der Waals surface area contributed by atoms with Crippen LogP contribution < -0.4 is 4.90 Å². The van der Waals surface area contributed by atoms with Crippen LogP contribution in [-0.4, -0.2) is 4.57 Å². The Kier molecular flexibility index (Phi) is 8.51. The van der Waals surface area contributed by atoms with E-state index in [1.165, 1.54) is 88.6 Å². The summed E-state index contributed by atoms with van der Waals surface area (Å²) in [7, 11) is 0. The van der Waals surface area contributed by atoms with Crippen molar-refractivity contribution >= 4 is 38.9 Å². The first kappa shape index (κ1) is 38.3. The molecule has 0 radical (unpaired) electrons. The summed E-state index contributed by atoms with van der Waals surface area (Å²) in [5, 5.41) is 2.52. The molecule has 0 aliphatic heterocycles. The molecule has 1 heterocycles. The first-order valence-electron chi connectivity index (χ1n) is 23.1. The van der Waals surface area contributed by atoms with Crippen LogP contribution >= 0.6 is 0 Å². The molecule has 1 aromatic heterocycles. The van der Waals surface area contributed by atoms with E-state index in [1.54, 1.807) is 0 Å². The third-order valence-corrected chi connectivity index (χ3v) is 14.7. The zero-order valence-electron chi connectivity index (χ0n) is 37.0. The number of aromatic nitrogens is 1. The van der Waals surface area contributed by atoms with Crippen LogP contribution in [0.2, 0.25) is 0 Å². The number of hydrogen-bond donors (Lipinski definition) is 0. The standard InChI is InChI=1S/C64H46N2/c1-63(2)57-25-13-9-21-51(57)54-40-38-50(42-60(54)63)65(48-34-29-43(30-35-48)44-31-39-56-55-24-12-16-28-61(55)66(62(56)41-44)47-19-7-4-8-20-47)49-36-32-46(33-37-49)64(45-17-5-3-6-18-45)58-26-14-10-22-52(58)53-23-11-15-27-59(53)64/h3-42H,1-2H3. The molecule has 312 valence electrons. The fraction of sp³-hybridized carbons (Fsp3) is 0.0625. The minimum atomic E-state index is -0.462. The van der Waals surface area contributed by atoms with Crippen LogP contribution in [0.3, 0.4) is 0 Å². The Bertz CT molecular complexity index is 3610. The molecule has 2 heteroatoms. The highest BCUT2D eigenvalue weighted by Gasteiger charge is 2.46. The third-order valence-electron chi connectivity index (χ3n) is 14.7. The van der Waals surface area contributed by atoms with Crippen molar-refractivity contribution in [2.45, 2.75) is 24.7 Å². The van der Waals surface area contributed by atoms with Crippen molar-refractivity contribution in [3.63, 3.8) is 0 Å². The molecule has 2 aliphatic carbocycles. The van der Waals surface area contributed by atoms with Crippen LogP contribution in [0, 0.1) is 0 Å². The van der Waals surface area contributed by atoms with E-state index < -0.39 is 5.41 Å². The number of para-hydroxylation sites is 2. The maximum atomic E-state index is 2.44. The molecule has 11 aromatic rings. The molecule has 66 heavy (non-hydrogen) atoms. The van der Waals surface area contributed by atoms with Crippen LogP contribution in [0.1, 0.15) is 47.2 Å². The average Bonchev–Trinajstić information content (AvgIpc) is 3.96. The smallest absolute Gasteiger partial charge is 0.0713 e. The van der Waals surface area contributed by atoms with Gasteiger partial charge in [-0.1, -0.05) is 196 Å². The highest BCUT2D eigenvalue weighted by molar-refractivity contribution is 6.10. The fourth-order valence-electron chi connectivity index (χ4n) is 11.7. The van der Waals surface area contributed by atoms with Gasteiger partial charge < -0.3 is 9.47 Å². The maximum absolute atomic E-state index is 2.44. The summed E-state index contributed by atoms with van der Waals surface area (Å²) in [5.74, 6) is 0. The lowest BCUT2D eigenvalue weighted by molar-refractivity contribution is 0.660. The molecule has 0 saturated carbocycles. The number of nitrogens with zero attached hydrogens (tertiary/aromatic N) is 2. The van der Waals surface area contributed by atoms with Gasteiger partial charge in [-0.2, -0.15) is 0 Å². The molecule has 0 amide bonds. The second-order valence-electron chi connectivity index (χ2n) is 18.5. The molecule has 0 fully saturated rings. The van der Waals surface area contributed by atoms with Gasteiger partial charge in [0.05, 0.1) is 16.4 Å². The molecule has 13 rings (SSSR count). The van der Waals surface area contributed by atoms with Gasteiger partial charge in [0.2, 0.25) is 0 Å². The molecule has 0 saturated heterocycles. The molecule has 0 N–H and O–H groups in total. The van der Waals surface area contributed by atoms with Crippen LogP contribution in [0.4, 0.5) is 17.1 Å². The van der Waals surface area contributed by atoms with Gasteiger partial charge in [-0.3, -0.25) is 0 Å². The van der Waals surface area contributed by atoms with E-state index in [-0.39, 0.29) is 5.41 Å². The van der Waals surface area contributed by atoms with E-state index in [0.29, 0.717) is 0 Å². The van der Waals surface area contributed by atoms with Crippen molar-refractivity contribution < 1.29 is 0 Å². The third kappa shape index (κ3) is 5.55. The number of fused-ring (bicyclic) bond motifs is 9. The van der Waals surface area contributed by atoms with Gasteiger partial charge in [0.1, 0.15) is 0 Å². The quantitative estimate of drug-likeness (QED) is 0.155. The first-order chi connectivity index (χ1) is 32.5. The average molecular weight is 843 g/mol. The first-order valence-corrected chi connectivity index (χ1v) is 23.1. The lowest BCUT2D eigenvalue weighted by atomic mass is 9.68. The van der Waals surface area contributed by atoms with Gasteiger partial charge in [0, 0.05) is 38.9 Å². The summed E-state index contributed by atoms with van der Waals surface area (Å²) in [5.41, 5.74) is 21.8. The normalized spacial score (nSPS) is 13.8. The van der Waals surface area contributed by atoms with Crippen LogP contribution in [0.25, 0.3) is 60.9 Å². The maximum Gasteiger partial charge on any atom is 0.0713 e. The van der Waals surface area contributed by atoms with E-state index in [2.05, 4.69) is 266 Å². The Morgan fingerprint density at radius 3 is 1.50 bits per heavy atom. The lowest BCUT2D eigenvalue weighted by Gasteiger charge is -2.34. The zero-order valence-corrected chi connectivity index (χ0v) is 37.0. The van der Waals surface area contributed by atoms with Crippen molar-refractivity contribution in [3.8, 4) is 39.1 Å². The predicted molar refractivity (Wildman–Crippen MR) is 276 cm³/mol. The Labute approximate surface area is 386 Å². The van der Waals surface area contributed by atoms with Gasteiger partial charge in [-0.15, -0.1) is 0 Å². The van der Waals surface area contributed by atoms with Crippen LogP contribution in [-0.2, 0) is 10.8 Å². The molecule has 0 atom stereocenters. The summed E-state index contributed by atoms with van der Waals surface area (Å²) in [6, 6.07) is 89.9. The van der Waals surface area contributed by atoms with Gasteiger partial charge >= 0.3 is 0 Å². The topological polar surface area (TPSA) is 8.17 Å². The zero-order chi connectivity index (χ0) is 44.0. The summed E-state index contributed by atoms with van der Waals surface area (Å²) in [6.07, 6.45) is 0. The molecular weight excluding hydrogens is 797 g/mol. The SMILES string of the molecule is CC1(C)c2ccccc2-c2ccc(N(c3ccc(-c4ccc5c6ccccc6n(-c6ccccc6)c5c4)cc3)c3ccc(C4(c5ccccc5)c5ccccc5-c5ccccc54)cc3)cc21. The van der Waals surface area contributed by atoms with E-state index in [4.69, 9.17) is 0 Å². The second kappa shape index (κ2) is 14.7. The summed E-state index contributed by atoms with van der Waals surface area (Å²) in [4.78, 5) is 2.44. The van der Waals surface area contributed by atoms with Gasteiger partial charge in [0.25, 0.3) is 0 Å². The Balaban J connectivity index is 0.957. The van der Waals surface area contributed by atoms with Crippen molar-refractivity contribution in [1.29, 1.82) is 0 Å². The molecule has 0 bridgehead atoms. The van der Waals surface area contributed by atoms with Crippen molar-refractivity contribution in [2.24, 2.45) is 0 Å². The van der Waals surface area contributed by atoms with Gasteiger partial charge in [0.15, 0.2) is 0 Å². The minimum absolute atomic E-state index is 0.131. The monoisotopic (exact) mass is 842 g/mol. The molecule has 10 aromatic carbocycles.